The molecule has 21 heavy (non-hydrogen) atoms. The number of nitrogens with one attached hydrogen (secondary N) is 1. The van der Waals surface area contributed by atoms with Crippen molar-refractivity contribution in [1.82, 2.24) is 15.1 Å². The Hall–Kier alpha value is -1.61. The Morgan fingerprint density at radius 2 is 2.05 bits per heavy atom. The van der Waals surface area contributed by atoms with E-state index in [-0.39, 0.29) is 0 Å². The van der Waals surface area contributed by atoms with E-state index in [4.69, 9.17) is 0 Å². The molecule has 1 aromatic carbocycles. The van der Waals surface area contributed by atoms with Crippen molar-refractivity contribution in [3.8, 4) is 0 Å². The molecule has 0 aliphatic heterocycles. The monoisotopic (exact) mass is 285 g/mol. The number of hydrogen-bond acceptors (Lipinski definition) is 2. The summed E-state index contributed by atoms with van der Waals surface area (Å²) in [7, 11) is 1.98. The number of hydrogen-bond donors (Lipinski definition) is 1. The minimum Gasteiger partial charge on any atom is -0.314 e. The van der Waals surface area contributed by atoms with Crippen LogP contribution in [0.15, 0.2) is 36.5 Å². The van der Waals surface area contributed by atoms with E-state index in [9.17, 15) is 0 Å². The van der Waals surface area contributed by atoms with Gasteiger partial charge in [-0.05, 0) is 49.9 Å². The highest BCUT2D eigenvalue weighted by molar-refractivity contribution is 5.25. The van der Waals surface area contributed by atoms with Gasteiger partial charge in [-0.15, -0.1) is 0 Å². The van der Waals surface area contributed by atoms with Gasteiger partial charge in [-0.2, -0.15) is 5.10 Å². The second-order valence-electron chi connectivity index (χ2n) is 5.80. The van der Waals surface area contributed by atoms with Gasteiger partial charge in [-0.1, -0.05) is 31.2 Å². The van der Waals surface area contributed by atoms with E-state index >= 15 is 0 Å². The third kappa shape index (κ3) is 5.01. The summed E-state index contributed by atoms with van der Waals surface area (Å²) < 4.78 is 1.88. The molecule has 0 amide bonds. The molecule has 1 N–H and O–H groups in total. The maximum absolute atomic E-state index is 4.51. The fraction of sp³-hybridized carbons (Fsp3) is 0.500. The summed E-state index contributed by atoms with van der Waals surface area (Å²) in [4.78, 5) is 0. The van der Waals surface area contributed by atoms with Crippen LogP contribution in [0.25, 0.3) is 0 Å². The highest BCUT2D eigenvalue weighted by Gasteiger charge is 2.11. The zero-order valence-electron chi connectivity index (χ0n) is 13.5. The van der Waals surface area contributed by atoms with Crippen LogP contribution in [-0.2, 0) is 19.9 Å². The smallest absolute Gasteiger partial charge is 0.0640 e. The first kappa shape index (κ1) is 15.8. The van der Waals surface area contributed by atoms with Crippen LogP contribution in [-0.4, -0.2) is 22.4 Å². The molecule has 2 rings (SSSR count). The lowest BCUT2D eigenvalue weighted by molar-refractivity contribution is 0.471. The van der Waals surface area contributed by atoms with Gasteiger partial charge in [0, 0.05) is 25.7 Å². The van der Waals surface area contributed by atoms with Gasteiger partial charge < -0.3 is 5.32 Å². The summed E-state index contributed by atoms with van der Waals surface area (Å²) in [5, 5.41) is 8.18. The van der Waals surface area contributed by atoms with Crippen molar-refractivity contribution in [3.63, 3.8) is 0 Å². The molecule has 114 valence electrons. The van der Waals surface area contributed by atoms with Gasteiger partial charge in [0.25, 0.3) is 0 Å². The number of aromatic nitrogens is 2. The largest absolute Gasteiger partial charge is 0.314 e. The molecule has 2 aromatic rings. The molecular weight excluding hydrogens is 258 g/mol. The molecule has 1 heterocycles. The van der Waals surface area contributed by atoms with Crippen molar-refractivity contribution >= 4 is 0 Å². The van der Waals surface area contributed by atoms with Crippen molar-refractivity contribution in [2.45, 2.75) is 45.6 Å². The summed E-state index contributed by atoms with van der Waals surface area (Å²) >= 11 is 0. The van der Waals surface area contributed by atoms with Gasteiger partial charge in [-0.3, -0.25) is 4.68 Å². The average Bonchev–Trinajstić information content (AvgIpc) is 2.88. The first-order chi connectivity index (χ1) is 10.2. The molecule has 3 nitrogen and oxygen atoms in total. The number of benzene rings is 1. The van der Waals surface area contributed by atoms with Crippen LogP contribution >= 0.6 is 0 Å². The SMILES string of the molecule is CCCNC(CCc1ccccc1C)Cc1ccn(C)n1. The Morgan fingerprint density at radius 3 is 2.71 bits per heavy atom. The van der Waals surface area contributed by atoms with E-state index in [1.165, 1.54) is 23.2 Å². The lowest BCUT2D eigenvalue weighted by Gasteiger charge is -2.18. The van der Waals surface area contributed by atoms with E-state index in [1.54, 1.807) is 0 Å². The Morgan fingerprint density at radius 1 is 1.24 bits per heavy atom. The van der Waals surface area contributed by atoms with Crippen LogP contribution in [0.1, 0.15) is 36.6 Å². The van der Waals surface area contributed by atoms with Crippen molar-refractivity contribution < 1.29 is 0 Å². The average molecular weight is 285 g/mol. The summed E-state index contributed by atoms with van der Waals surface area (Å²) in [5.74, 6) is 0. The van der Waals surface area contributed by atoms with Crippen molar-refractivity contribution in [2.75, 3.05) is 6.54 Å². The molecular formula is C18H27N3. The molecule has 1 atom stereocenters. The third-order valence-electron chi connectivity index (χ3n) is 3.93. The third-order valence-corrected chi connectivity index (χ3v) is 3.93. The molecule has 0 fully saturated rings. The molecule has 0 bridgehead atoms. The van der Waals surface area contributed by atoms with Gasteiger partial charge in [-0.25, -0.2) is 0 Å². The number of nitrogens with zero attached hydrogens (tertiary/aromatic N) is 2. The van der Waals surface area contributed by atoms with Gasteiger partial charge in [0.15, 0.2) is 0 Å². The minimum absolute atomic E-state index is 0.499. The Balaban J connectivity index is 1.94. The highest BCUT2D eigenvalue weighted by Crippen LogP contribution is 2.13. The quantitative estimate of drug-likeness (QED) is 0.806. The standard InChI is InChI=1S/C18H27N3/c1-4-12-19-17(14-18-11-13-21(3)20-18)10-9-16-8-6-5-7-15(16)2/h5-8,11,13,17,19H,4,9-10,12,14H2,1-3H3. The fourth-order valence-electron chi connectivity index (χ4n) is 2.67. The zero-order chi connectivity index (χ0) is 15.1. The second kappa shape index (κ2) is 7.99. The summed E-state index contributed by atoms with van der Waals surface area (Å²) in [6, 6.07) is 11.3. The van der Waals surface area contributed by atoms with Crippen LogP contribution < -0.4 is 5.32 Å². The maximum Gasteiger partial charge on any atom is 0.0640 e. The van der Waals surface area contributed by atoms with E-state index in [2.05, 4.69) is 54.6 Å². The molecule has 0 aliphatic carbocycles. The fourth-order valence-corrected chi connectivity index (χ4v) is 2.67. The normalized spacial score (nSPS) is 12.5. The second-order valence-corrected chi connectivity index (χ2v) is 5.80. The van der Waals surface area contributed by atoms with Crippen LogP contribution in [0.3, 0.4) is 0 Å². The van der Waals surface area contributed by atoms with Gasteiger partial charge in [0.2, 0.25) is 0 Å². The Bertz CT molecular complexity index is 545. The first-order valence-electron chi connectivity index (χ1n) is 7.95. The van der Waals surface area contributed by atoms with Crippen molar-refractivity contribution in [1.29, 1.82) is 0 Å². The molecule has 0 saturated heterocycles. The molecule has 1 unspecified atom stereocenters. The number of rotatable bonds is 8. The van der Waals surface area contributed by atoms with Crippen LogP contribution in [0.4, 0.5) is 0 Å². The highest BCUT2D eigenvalue weighted by atomic mass is 15.2. The summed E-state index contributed by atoms with van der Waals surface area (Å²) in [6.07, 6.45) is 6.48. The maximum atomic E-state index is 4.51. The van der Waals surface area contributed by atoms with Crippen LogP contribution in [0, 0.1) is 6.92 Å². The summed E-state index contributed by atoms with van der Waals surface area (Å²) in [5.41, 5.74) is 4.03. The summed E-state index contributed by atoms with van der Waals surface area (Å²) in [6.45, 7) is 5.49. The predicted octanol–water partition coefficient (Wildman–Crippen LogP) is 3.27. The van der Waals surface area contributed by atoms with Crippen molar-refractivity contribution in [2.24, 2.45) is 7.05 Å². The Kier molecular flexibility index (Phi) is 6.00. The first-order valence-corrected chi connectivity index (χ1v) is 7.95. The minimum atomic E-state index is 0.499. The van der Waals surface area contributed by atoms with E-state index in [0.717, 1.165) is 25.8 Å². The van der Waals surface area contributed by atoms with E-state index in [1.807, 2.05) is 17.9 Å². The molecule has 3 heteroatoms. The van der Waals surface area contributed by atoms with Crippen LogP contribution in [0.5, 0.6) is 0 Å². The molecule has 0 radical (unpaired) electrons. The van der Waals surface area contributed by atoms with Crippen LogP contribution in [0.2, 0.25) is 0 Å². The lowest BCUT2D eigenvalue weighted by atomic mass is 9.98. The van der Waals surface area contributed by atoms with Crippen molar-refractivity contribution in [3.05, 3.63) is 53.3 Å². The zero-order valence-corrected chi connectivity index (χ0v) is 13.5. The van der Waals surface area contributed by atoms with E-state index in [0.29, 0.717) is 6.04 Å². The van der Waals surface area contributed by atoms with Gasteiger partial charge in [0.1, 0.15) is 0 Å². The van der Waals surface area contributed by atoms with Gasteiger partial charge in [0.05, 0.1) is 5.69 Å². The topological polar surface area (TPSA) is 29.9 Å². The predicted molar refractivity (Wildman–Crippen MR) is 88.5 cm³/mol. The number of aryl methyl sites for hydroxylation is 3. The molecule has 0 aliphatic rings. The molecule has 0 saturated carbocycles. The molecule has 0 spiro atoms. The molecule has 1 aromatic heterocycles. The van der Waals surface area contributed by atoms with E-state index < -0.39 is 0 Å². The van der Waals surface area contributed by atoms with Gasteiger partial charge >= 0.3 is 0 Å². The lowest BCUT2D eigenvalue weighted by Crippen LogP contribution is -2.32. The Labute approximate surface area is 128 Å².